The molecule has 2 fully saturated rings. The third-order valence-electron chi connectivity index (χ3n) is 2.46. The highest BCUT2D eigenvalue weighted by molar-refractivity contribution is 5.83. The van der Waals surface area contributed by atoms with Crippen molar-refractivity contribution in [2.24, 2.45) is 11.1 Å². The number of carbonyl (C=O) groups is 2. The second-order valence-electron chi connectivity index (χ2n) is 3.54. The van der Waals surface area contributed by atoms with Gasteiger partial charge in [-0.3, -0.25) is 0 Å². The Morgan fingerprint density at radius 3 is 2.33 bits per heavy atom. The summed E-state index contributed by atoms with van der Waals surface area (Å²) < 4.78 is 4.20. The van der Waals surface area contributed by atoms with E-state index in [4.69, 9.17) is 0 Å². The maximum atomic E-state index is 11.0. The molecule has 0 aromatic rings. The first-order valence-electron chi connectivity index (χ1n) is 3.88. The van der Waals surface area contributed by atoms with Crippen LogP contribution in [0.4, 0.5) is 9.59 Å². The molecule has 0 aromatic carbocycles. The number of carbonyl (C=O) groups excluding carboxylic acids is 2. The minimum absolute atomic E-state index is 0.386. The van der Waals surface area contributed by atoms with Gasteiger partial charge >= 0.3 is 12.2 Å². The van der Waals surface area contributed by atoms with E-state index in [9.17, 15) is 9.59 Å². The molecule has 1 saturated carbocycles. The standard InChI is InChI=1S/C7H10N2O3/c8-5(10)12-6(11)9-3-7(4-9)1-2-7/h1-4H2,(H2,8,10). The Labute approximate surface area is 69.5 Å². The molecule has 5 heteroatoms. The van der Waals surface area contributed by atoms with Gasteiger partial charge in [0.25, 0.3) is 0 Å². The van der Waals surface area contributed by atoms with Crippen LogP contribution < -0.4 is 5.73 Å². The van der Waals surface area contributed by atoms with Crippen LogP contribution in [-0.2, 0) is 4.74 Å². The highest BCUT2D eigenvalue weighted by atomic mass is 16.6. The zero-order valence-electron chi connectivity index (χ0n) is 6.58. The number of primary amides is 1. The van der Waals surface area contributed by atoms with Gasteiger partial charge in [0.15, 0.2) is 0 Å². The molecule has 1 aliphatic carbocycles. The SMILES string of the molecule is NC(=O)OC(=O)N1CC2(CC2)C1. The van der Waals surface area contributed by atoms with Crippen LogP contribution in [0.25, 0.3) is 0 Å². The summed E-state index contributed by atoms with van der Waals surface area (Å²) in [5.41, 5.74) is 5.07. The van der Waals surface area contributed by atoms with E-state index in [1.54, 1.807) is 0 Å². The third kappa shape index (κ3) is 1.11. The zero-order chi connectivity index (χ0) is 8.77. The molecule has 2 N–H and O–H groups in total. The van der Waals surface area contributed by atoms with Crippen LogP contribution >= 0.6 is 0 Å². The van der Waals surface area contributed by atoms with E-state index in [-0.39, 0.29) is 0 Å². The average molecular weight is 170 g/mol. The second-order valence-corrected chi connectivity index (χ2v) is 3.54. The molecule has 0 radical (unpaired) electrons. The van der Waals surface area contributed by atoms with Crippen LogP contribution in [-0.4, -0.2) is 30.2 Å². The van der Waals surface area contributed by atoms with Gasteiger partial charge in [0.2, 0.25) is 0 Å². The van der Waals surface area contributed by atoms with E-state index in [1.807, 2.05) is 0 Å². The van der Waals surface area contributed by atoms with Gasteiger partial charge in [0.1, 0.15) is 0 Å². The predicted octanol–water partition coefficient (Wildman–Crippen LogP) is 0.298. The molecule has 5 nitrogen and oxygen atoms in total. The van der Waals surface area contributed by atoms with Crippen LogP contribution in [0.2, 0.25) is 0 Å². The Kier molecular flexibility index (Phi) is 1.31. The average Bonchev–Trinajstić information content (AvgIpc) is 2.59. The third-order valence-corrected chi connectivity index (χ3v) is 2.46. The molecule has 0 bridgehead atoms. The Balaban J connectivity index is 1.79. The molecule has 1 aliphatic heterocycles. The molecule has 1 heterocycles. The Hall–Kier alpha value is -1.26. The number of amides is 2. The molecule has 2 aliphatic rings. The van der Waals surface area contributed by atoms with Gasteiger partial charge in [0.05, 0.1) is 0 Å². The molecule has 2 amide bonds. The summed E-state index contributed by atoms with van der Waals surface area (Å²) >= 11 is 0. The van der Waals surface area contributed by atoms with Gasteiger partial charge in [-0.05, 0) is 12.8 Å². The molecular weight excluding hydrogens is 160 g/mol. The van der Waals surface area contributed by atoms with Gasteiger partial charge < -0.3 is 15.4 Å². The molecule has 0 atom stereocenters. The number of nitrogens with zero attached hydrogens (tertiary/aromatic N) is 1. The monoisotopic (exact) mass is 170 g/mol. The molecular formula is C7H10N2O3. The first-order valence-corrected chi connectivity index (χ1v) is 3.88. The number of ether oxygens (including phenoxy) is 1. The maximum Gasteiger partial charge on any atom is 0.418 e. The summed E-state index contributed by atoms with van der Waals surface area (Å²) in [4.78, 5) is 22.6. The minimum Gasteiger partial charge on any atom is -0.359 e. The first kappa shape index (κ1) is 7.39. The molecule has 2 rings (SSSR count). The van der Waals surface area contributed by atoms with E-state index in [2.05, 4.69) is 10.5 Å². The lowest BCUT2D eigenvalue weighted by molar-refractivity contribution is 0.0624. The Bertz CT molecular complexity index is 239. The van der Waals surface area contributed by atoms with Crippen molar-refractivity contribution in [3.63, 3.8) is 0 Å². The van der Waals surface area contributed by atoms with Gasteiger partial charge in [0, 0.05) is 18.5 Å². The lowest BCUT2D eigenvalue weighted by atomic mass is 9.98. The summed E-state index contributed by atoms with van der Waals surface area (Å²) in [7, 11) is 0. The highest BCUT2D eigenvalue weighted by Crippen LogP contribution is 2.52. The number of hydrogen-bond donors (Lipinski definition) is 1. The van der Waals surface area contributed by atoms with Gasteiger partial charge in [-0.15, -0.1) is 0 Å². The number of likely N-dealkylation sites (tertiary alicyclic amines) is 1. The fraction of sp³-hybridized carbons (Fsp3) is 0.714. The summed E-state index contributed by atoms with van der Waals surface area (Å²) in [6.45, 7) is 1.44. The van der Waals surface area contributed by atoms with Crippen molar-refractivity contribution in [2.45, 2.75) is 12.8 Å². The Morgan fingerprint density at radius 2 is 1.92 bits per heavy atom. The van der Waals surface area contributed by atoms with E-state index in [1.165, 1.54) is 17.7 Å². The molecule has 0 unspecified atom stereocenters. The zero-order valence-corrected chi connectivity index (χ0v) is 6.58. The molecule has 1 spiro atoms. The number of hydrogen-bond acceptors (Lipinski definition) is 3. The lowest BCUT2D eigenvalue weighted by Crippen LogP contribution is -2.52. The fourth-order valence-electron chi connectivity index (χ4n) is 1.54. The largest absolute Gasteiger partial charge is 0.418 e. The van der Waals surface area contributed by atoms with Crippen molar-refractivity contribution in [1.29, 1.82) is 0 Å². The van der Waals surface area contributed by atoms with Crippen LogP contribution in [0.1, 0.15) is 12.8 Å². The van der Waals surface area contributed by atoms with E-state index >= 15 is 0 Å². The summed E-state index contributed by atoms with van der Waals surface area (Å²) in [6, 6.07) is 0. The number of nitrogens with two attached hydrogens (primary N) is 1. The number of rotatable bonds is 0. The molecule has 0 aromatic heterocycles. The van der Waals surface area contributed by atoms with E-state index in [0.29, 0.717) is 5.41 Å². The van der Waals surface area contributed by atoms with Crippen molar-refractivity contribution in [1.82, 2.24) is 4.90 Å². The van der Waals surface area contributed by atoms with Crippen molar-refractivity contribution >= 4 is 12.2 Å². The molecule has 1 saturated heterocycles. The van der Waals surface area contributed by atoms with Crippen LogP contribution in [0.15, 0.2) is 0 Å². The van der Waals surface area contributed by atoms with Crippen molar-refractivity contribution in [2.75, 3.05) is 13.1 Å². The predicted molar refractivity (Wildman–Crippen MR) is 39.3 cm³/mol. The van der Waals surface area contributed by atoms with Crippen molar-refractivity contribution in [3.05, 3.63) is 0 Å². The highest BCUT2D eigenvalue weighted by Gasteiger charge is 2.54. The topological polar surface area (TPSA) is 72.6 Å². The van der Waals surface area contributed by atoms with Crippen molar-refractivity contribution < 1.29 is 14.3 Å². The summed E-state index contributed by atoms with van der Waals surface area (Å²) in [6.07, 6.45) is 0.734. The fourth-order valence-corrected chi connectivity index (χ4v) is 1.54. The molecule has 66 valence electrons. The minimum atomic E-state index is -1.03. The van der Waals surface area contributed by atoms with Crippen LogP contribution in [0.5, 0.6) is 0 Å². The summed E-state index contributed by atoms with van der Waals surface area (Å²) in [5.74, 6) is 0. The van der Waals surface area contributed by atoms with Crippen LogP contribution in [0, 0.1) is 5.41 Å². The Morgan fingerprint density at radius 1 is 1.33 bits per heavy atom. The summed E-state index contributed by atoms with van der Waals surface area (Å²) in [5, 5.41) is 0. The smallest absolute Gasteiger partial charge is 0.359 e. The van der Waals surface area contributed by atoms with Crippen LogP contribution in [0.3, 0.4) is 0 Å². The molecule has 12 heavy (non-hydrogen) atoms. The van der Waals surface area contributed by atoms with E-state index < -0.39 is 12.2 Å². The van der Waals surface area contributed by atoms with E-state index in [0.717, 1.165) is 13.1 Å². The van der Waals surface area contributed by atoms with Crippen molar-refractivity contribution in [3.8, 4) is 0 Å². The normalized spacial score (nSPS) is 23.2. The first-order chi connectivity index (χ1) is 5.61. The van der Waals surface area contributed by atoms with Gasteiger partial charge in [-0.1, -0.05) is 0 Å². The quantitative estimate of drug-likeness (QED) is 0.531. The van der Waals surface area contributed by atoms with Gasteiger partial charge in [-0.2, -0.15) is 0 Å². The maximum absolute atomic E-state index is 11.0. The lowest BCUT2D eigenvalue weighted by Gasteiger charge is -2.38. The van der Waals surface area contributed by atoms with Gasteiger partial charge in [-0.25, -0.2) is 9.59 Å². The second kappa shape index (κ2) is 2.12.